The molecule has 0 N–H and O–H groups in total. The lowest BCUT2D eigenvalue weighted by atomic mass is 10.2. The van der Waals surface area contributed by atoms with Crippen molar-refractivity contribution < 1.29 is 21.6 Å². The van der Waals surface area contributed by atoms with Gasteiger partial charge in [-0.2, -0.15) is 4.31 Å². The van der Waals surface area contributed by atoms with Crippen molar-refractivity contribution in [3.8, 4) is 0 Å². The predicted molar refractivity (Wildman–Crippen MR) is 90.6 cm³/mol. The van der Waals surface area contributed by atoms with Crippen LogP contribution in [0.5, 0.6) is 0 Å². The number of ether oxygens (including phenoxy) is 1. The summed E-state index contributed by atoms with van der Waals surface area (Å²) in [4.78, 5) is 0. The zero-order valence-electron chi connectivity index (χ0n) is 14.3. The van der Waals surface area contributed by atoms with Crippen LogP contribution in [0.3, 0.4) is 0 Å². The molecule has 2 aliphatic rings. The molecule has 136 valence electrons. The summed E-state index contributed by atoms with van der Waals surface area (Å²) >= 11 is 0. The standard InChI is InChI=1S/C15H29NO5S2/c1-12(10-21-15-6-4-5-7-15)11-23(19,20)16-8-9-22(17,18)14(3)13(16)2/h12-15H,4-11H2,1-3H3. The topological polar surface area (TPSA) is 80.8 Å². The van der Waals surface area contributed by atoms with Crippen LogP contribution in [0.15, 0.2) is 0 Å². The van der Waals surface area contributed by atoms with Crippen molar-refractivity contribution in [1.82, 2.24) is 4.31 Å². The Morgan fingerprint density at radius 1 is 1.22 bits per heavy atom. The molecule has 2 rings (SSSR count). The van der Waals surface area contributed by atoms with Crippen LogP contribution in [0.4, 0.5) is 0 Å². The molecule has 3 unspecified atom stereocenters. The predicted octanol–water partition coefficient (Wildman–Crippen LogP) is 1.42. The SMILES string of the molecule is CC(COC1CCCC1)CS(=O)(=O)N1CCS(=O)(=O)C(C)C1C. The van der Waals surface area contributed by atoms with E-state index in [1.165, 1.54) is 17.1 Å². The molecule has 1 aliphatic carbocycles. The van der Waals surface area contributed by atoms with Gasteiger partial charge in [0.25, 0.3) is 0 Å². The molecule has 6 nitrogen and oxygen atoms in total. The van der Waals surface area contributed by atoms with E-state index in [9.17, 15) is 16.8 Å². The van der Waals surface area contributed by atoms with Crippen LogP contribution in [0, 0.1) is 5.92 Å². The highest BCUT2D eigenvalue weighted by atomic mass is 32.2. The van der Waals surface area contributed by atoms with Crippen molar-refractivity contribution in [2.24, 2.45) is 5.92 Å². The third-order valence-electron chi connectivity index (χ3n) is 5.07. The van der Waals surface area contributed by atoms with E-state index in [-0.39, 0.29) is 30.1 Å². The van der Waals surface area contributed by atoms with Gasteiger partial charge in [0.1, 0.15) is 0 Å². The van der Waals surface area contributed by atoms with Gasteiger partial charge in [-0.1, -0.05) is 19.8 Å². The normalized spacial score (nSPS) is 31.3. The zero-order valence-corrected chi connectivity index (χ0v) is 15.9. The molecule has 1 aliphatic heterocycles. The van der Waals surface area contributed by atoms with Gasteiger partial charge in [0.2, 0.25) is 10.0 Å². The molecule has 8 heteroatoms. The first-order chi connectivity index (χ1) is 10.6. The van der Waals surface area contributed by atoms with Gasteiger partial charge in [-0.25, -0.2) is 16.8 Å². The molecule has 1 heterocycles. The number of nitrogens with zero attached hydrogens (tertiary/aromatic N) is 1. The minimum atomic E-state index is -3.47. The molecule has 23 heavy (non-hydrogen) atoms. The minimum absolute atomic E-state index is 0.0107. The summed E-state index contributed by atoms with van der Waals surface area (Å²) in [6.45, 7) is 5.65. The van der Waals surface area contributed by atoms with E-state index in [0.29, 0.717) is 6.61 Å². The summed E-state index contributed by atoms with van der Waals surface area (Å²) in [5.41, 5.74) is 0. The van der Waals surface area contributed by atoms with E-state index >= 15 is 0 Å². The summed E-state index contributed by atoms with van der Waals surface area (Å²) in [5, 5.41) is -0.656. The molecule has 0 aromatic carbocycles. The van der Waals surface area contributed by atoms with Crippen LogP contribution in [-0.2, 0) is 24.6 Å². The van der Waals surface area contributed by atoms with E-state index in [1.54, 1.807) is 13.8 Å². The summed E-state index contributed by atoms with van der Waals surface area (Å²) in [6, 6.07) is -0.512. The maximum atomic E-state index is 12.6. The number of hydrogen-bond acceptors (Lipinski definition) is 5. The van der Waals surface area contributed by atoms with Crippen LogP contribution >= 0.6 is 0 Å². The number of sulfone groups is 1. The van der Waals surface area contributed by atoms with Crippen LogP contribution in [0.2, 0.25) is 0 Å². The molecular formula is C15H29NO5S2. The molecule has 0 aromatic heterocycles. The fourth-order valence-electron chi connectivity index (χ4n) is 3.39. The summed E-state index contributed by atoms with van der Waals surface area (Å²) in [6.07, 6.45) is 4.79. The van der Waals surface area contributed by atoms with Gasteiger partial charge in [0, 0.05) is 12.6 Å². The molecule has 0 bridgehead atoms. The fourth-order valence-corrected chi connectivity index (χ4v) is 7.22. The van der Waals surface area contributed by atoms with Crippen molar-refractivity contribution in [3.63, 3.8) is 0 Å². The van der Waals surface area contributed by atoms with Crippen molar-refractivity contribution in [2.75, 3.05) is 24.7 Å². The third-order valence-corrected chi connectivity index (χ3v) is 9.57. The van der Waals surface area contributed by atoms with Crippen LogP contribution < -0.4 is 0 Å². The van der Waals surface area contributed by atoms with Crippen molar-refractivity contribution in [1.29, 1.82) is 0 Å². The van der Waals surface area contributed by atoms with Gasteiger partial charge < -0.3 is 4.74 Å². The molecule has 0 spiro atoms. The first kappa shape index (κ1) is 19.1. The summed E-state index contributed by atoms with van der Waals surface area (Å²) < 4.78 is 56.2. The van der Waals surface area contributed by atoms with Gasteiger partial charge in [0.05, 0.1) is 29.5 Å². The highest BCUT2D eigenvalue weighted by molar-refractivity contribution is 7.92. The lowest BCUT2D eigenvalue weighted by molar-refractivity contribution is 0.0410. The summed E-state index contributed by atoms with van der Waals surface area (Å²) in [5.74, 6) is -0.178. The Balaban J connectivity index is 1.92. The third kappa shape index (κ3) is 4.67. The Kier molecular flexibility index (Phi) is 6.14. The van der Waals surface area contributed by atoms with Gasteiger partial charge in [-0.05, 0) is 32.6 Å². The monoisotopic (exact) mass is 367 g/mol. The smallest absolute Gasteiger partial charge is 0.214 e. The van der Waals surface area contributed by atoms with Crippen molar-refractivity contribution in [3.05, 3.63) is 0 Å². The lowest BCUT2D eigenvalue weighted by Gasteiger charge is -2.37. The van der Waals surface area contributed by atoms with Crippen LogP contribution in [-0.4, -0.2) is 63.2 Å². The maximum Gasteiger partial charge on any atom is 0.214 e. The maximum absolute atomic E-state index is 12.6. The van der Waals surface area contributed by atoms with Gasteiger partial charge in [-0.3, -0.25) is 0 Å². The van der Waals surface area contributed by atoms with Gasteiger partial charge in [0.15, 0.2) is 9.84 Å². The van der Waals surface area contributed by atoms with Crippen LogP contribution in [0.1, 0.15) is 46.5 Å². The Morgan fingerprint density at radius 3 is 2.43 bits per heavy atom. The van der Waals surface area contributed by atoms with Gasteiger partial charge >= 0.3 is 0 Å². The summed E-state index contributed by atoms with van der Waals surface area (Å²) in [7, 11) is -6.66. The Hall–Kier alpha value is -0.180. The Bertz CT molecular complexity index is 595. The molecule has 2 fully saturated rings. The second-order valence-electron chi connectivity index (χ2n) is 7.05. The average molecular weight is 368 g/mol. The zero-order chi connectivity index (χ0) is 17.3. The quantitative estimate of drug-likeness (QED) is 0.709. The molecule has 1 saturated heterocycles. The molecule has 3 atom stereocenters. The number of rotatable bonds is 6. The molecule has 0 radical (unpaired) electrons. The molecule has 1 saturated carbocycles. The number of sulfonamides is 1. The second kappa shape index (κ2) is 7.37. The Labute approximate surface area is 140 Å². The lowest BCUT2D eigenvalue weighted by Crippen LogP contribution is -2.55. The van der Waals surface area contributed by atoms with Gasteiger partial charge in [-0.15, -0.1) is 0 Å². The Morgan fingerprint density at radius 2 is 1.83 bits per heavy atom. The van der Waals surface area contributed by atoms with Crippen molar-refractivity contribution in [2.45, 2.75) is 63.9 Å². The minimum Gasteiger partial charge on any atom is -0.378 e. The largest absolute Gasteiger partial charge is 0.378 e. The average Bonchev–Trinajstić information content (AvgIpc) is 2.95. The number of hydrogen-bond donors (Lipinski definition) is 0. The van der Waals surface area contributed by atoms with Crippen LogP contribution in [0.25, 0.3) is 0 Å². The molecule has 0 aromatic rings. The van der Waals surface area contributed by atoms with E-state index in [1.807, 2.05) is 6.92 Å². The van der Waals surface area contributed by atoms with E-state index in [2.05, 4.69) is 0 Å². The van der Waals surface area contributed by atoms with Crippen molar-refractivity contribution >= 4 is 19.9 Å². The first-order valence-corrected chi connectivity index (χ1v) is 11.8. The van der Waals surface area contributed by atoms with E-state index < -0.39 is 31.2 Å². The second-order valence-corrected chi connectivity index (χ2v) is 11.5. The van der Waals surface area contributed by atoms with E-state index in [0.717, 1.165) is 12.8 Å². The first-order valence-electron chi connectivity index (χ1n) is 8.46. The highest BCUT2D eigenvalue weighted by Crippen LogP contribution is 2.25. The molecule has 0 amide bonds. The fraction of sp³-hybridized carbons (Fsp3) is 1.00. The highest BCUT2D eigenvalue weighted by Gasteiger charge is 2.41. The molecular weight excluding hydrogens is 338 g/mol. The van der Waals surface area contributed by atoms with E-state index in [4.69, 9.17) is 4.74 Å².